The number of carbonyl (C=O) groups excluding carboxylic acids is 1. The number of amides is 1. The van der Waals surface area contributed by atoms with Crippen LogP contribution >= 0.6 is 0 Å². The second-order valence-corrected chi connectivity index (χ2v) is 5.15. The van der Waals surface area contributed by atoms with Crippen molar-refractivity contribution in [3.63, 3.8) is 0 Å². The Labute approximate surface area is 127 Å². The van der Waals surface area contributed by atoms with Gasteiger partial charge in [0.05, 0.1) is 6.61 Å². The molecule has 2 rings (SSSR count). The first-order chi connectivity index (χ1) is 10.4. The molecule has 0 aliphatic carbocycles. The highest BCUT2D eigenvalue weighted by Gasteiger charge is 2.43. The molecule has 0 aromatic heterocycles. The molecule has 1 aromatic rings. The quantitative estimate of drug-likeness (QED) is 0.414. The SMILES string of the molecule is CC(=O)Nc1ccc(N[C@@H]2O[C@H](CO)[C@H](O)[C@H](O)[C@@H]2O)cc1. The summed E-state index contributed by atoms with van der Waals surface area (Å²) in [6.07, 6.45) is -6.12. The molecule has 0 saturated carbocycles. The van der Waals surface area contributed by atoms with Crippen LogP contribution in [0, 0.1) is 0 Å². The zero-order chi connectivity index (χ0) is 16.3. The van der Waals surface area contributed by atoms with Crippen LogP contribution in [0.25, 0.3) is 0 Å². The summed E-state index contributed by atoms with van der Waals surface area (Å²) in [4.78, 5) is 10.9. The van der Waals surface area contributed by atoms with E-state index < -0.39 is 37.3 Å². The van der Waals surface area contributed by atoms with Gasteiger partial charge in [-0.05, 0) is 24.3 Å². The van der Waals surface area contributed by atoms with Gasteiger partial charge in [0, 0.05) is 18.3 Å². The lowest BCUT2D eigenvalue weighted by Gasteiger charge is -2.40. The highest BCUT2D eigenvalue weighted by Crippen LogP contribution is 2.23. The number of rotatable bonds is 4. The van der Waals surface area contributed by atoms with Crippen molar-refractivity contribution >= 4 is 17.3 Å². The second-order valence-electron chi connectivity index (χ2n) is 5.15. The Morgan fingerprint density at radius 2 is 1.68 bits per heavy atom. The summed E-state index contributed by atoms with van der Waals surface area (Å²) < 4.78 is 5.34. The van der Waals surface area contributed by atoms with Gasteiger partial charge in [-0.1, -0.05) is 0 Å². The summed E-state index contributed by atoms with van der Waals surface area (Å²) in [6, 6.07) is 6.64. The van der Waals surface area contributed by atoms with Crippen LogP contribution in [0.4, 0.5) is 11.4 Å². The molecule has 1 amide bonds. The van der Waals surface area contributed by atoms with Crippen LogP contribution in [-0.2, 0) is 9.53 Å². The molecule has 0 unspecified atom stereocenters. The van der Waals surface area contributed by atoms with E-state index in [1.54, 1.807) is 24.3 Å². The first kappa shape index (κ1) is 16.7. The average molecular weight is 312 g/mol. The number of aliphatic hydroxyl groups is 4. The highest BCUT2D eigenvalue weighted by molar-refractivity contribution is 5.88. The summed E-state index contributed by atoms with van der Waals surface area (Å²) in [5.41, 5.74) is 1.20. The number of nitrogens with one attached hydrogen (secondary N) is 2. The summed E-state index contributed by atoms with van der Waals surface area (Å²) in [5.74, 6) is -0.186. The minimum Gasteiger partial charge on any atom is -0.394 e. The second kappa shape index (κ2) is 7.03. The molecule has 1 saturated heterocycles. The van der Waals surface area contributed by atoms with Crippen molar-refractivity contribution in [2.24, 2.45) is 0 Å². The number of aliphatic hydroxyl groups excluding tert-OH is 4. The standard InChI is InChI=1S/C14H20N2O6/c1-7(18)15-8-2-4-9(5-3-8)16-14-13(21)12(20)11(19)10(6-17)22-14/h2-5,10-14,16-17,19-21H,6H2,1H3,(H,15,18)/t10-,11+,12+,13+,14-/m1/s1. The lowest BCUT2D eigenvalue weighted by Crippen LogP contribution is -2.60. The highest BCUT2D eigenvalue weighted by atomic mass is 16.6. The van der Waals surface area contributed by atoms with Gasteiger partial charge >= 0.3 is 0 Å². The molecule has 0 bridgehead atoms. The lowest BCUT2D eigenvalue weighted by atomic mass is 9.98. The van der Waals surface area contributed by atoms with Crippen LogP contribution in [0.3, 0.4) is 0 Å². The van der Waals surface area contributed by atoms with Gasteiger partial charge in [0.2, 0.25) is 5.91 Å². The fraction of sp³-hybridized carbons (Fsp3) is 0.500. The summed E-state index contributed by atoms with van der Waals surface area (Å²) >= 11 is 0. The minimum absolute atomic E-state index is 0.186. The summed E-state index contributed by atoms with van der Waals surface area (Å²) in [7, 11) is 0. The molecular weight excluding hydrogens is 292 g/mol. The molecule has 1 fully saturated rings. The van der Waals surface area contributed by atoms with Crippen molar-refractivity contribution in [3.05, 3.63) is 24.3 Å². The van der Waals surface area contributed by atoms with E-state index >= 15 is 0 Å². The molecule has 1 aliphatic heterocycles. The predicted octanol–water partition coefficient (Wildman–Crippen LogP) is -1.14. The molecule has 1 heterocycles. The van der Waals surface area contributed by atoms with Gasteiger partial charge in [-0.15, -0.1) is 0 Å². The number of ether oxygens (including phenoxy) is 1. The number of benzene rings is 1. The number of hydrogen-bond donors (Lipinski definition) is 6. The van der Waals surface area contributed by atoms with Gasteiger partial charge < -0.3 is 35.8 Å². The molecular formula is C14H20N2O6. The van der Waals surface area contributed by atoms with Gasteiger partial charge in [0.1, 0.15) is 24.4 Å². The van der Waals surface area contributed by atoms with Crippen LogP contribution < -0.4 is 10.6 Å². The van der Waals surface area contributed by atoms with Gasteiger partial charge in [-0.3, -0.25) is 4.79 Å². The van der Waals surface area contributed by atoms with Crippen LogP contribution in [0.15, 0.2) is 24.3 Å². The van der Waals surface area contributed by atoms with E-state index in [1.165, 1.54) is 6.92 Å². The van der Waals surface area contributed by atoms with Crippen LogP contribution in [0.2, 0.25) is 0 Å². The Morgan fingerprint density at radius 1 is 1.09 bits per heavy atom. The first-order valence-corrected chi connectivity index (χ1v) is 6.87. The van der Waals surface area contributed by atoms with E-state index in [-0.39, 0.29) is 5.91 Å². The van der Waals surface area contributed by atoms with E-state index in [4.69, 9.17) is 9.84 Å². The molecule has 5 atom stereocenters. The summed E-state index contributed by atoms with van der Waals surface area (Å²) in [6.45, 7) is 0.921. The van der Waals surface area contributed by atoms with Gasteiger partial charge in [0.25, 0.3) is 0 Å². The molecule has 0 radical (unpaired) electrons. The maximum Gasteiger partial charge on any atom is 0.221 e. The van der Waals surface area contributed by atoms with Crippen molar-refractivity contribution < 1.29 is 30.0 Å². The van der Waals surface area contributed by atoms with Crippen LogP contribution in [-0.4, -0.2) is 63.6 Å². The number of hydrogen-bond acceptors (Lipinski definition) is 7. The lowest BCUT2D eigenvalue weighted by molar-refractivity contribution is -0.221. The van der Waals surface area contributed by atoms with Crippen molar-refractivity contribution in [1.29, 1.82) is 0 Å². The van der Waals surface area contributed by atoms with Crippen LogP contribution in [0.5, 0.6) is 0 Å². The molecule has 122 valence electrons. The molecule has 0 spiro atoms. The topological polar surface area (TPSA) is 131 Å². The van der Waals surface area contributed by atoms with Crippen molar-refractivity contribution in [1.82, 2.24) is 0 Å². The largest absolute Gasteiger partial charge is 0.394 e. The van der Waals surface area contributed by atoms with Crippen molar-refractivity contribution in [3.8, 4) is 0 Å². The van der Waals surface area contributed by atoms with E-state index in [0.29, 0.717) is 11.4 Å². The third kappa shape index (κ3) is 3.73. The maximum atomic E-state index is 10.9. The Kier molecular flexibility index (Phi) is 5.33. The first-order valence-electron chi connectivity index (χ1n) is 6.87. The maximum absolute atomic E-state index is 10.9. The summed E-state index contributed by atoms with van der Waals surface area (Å²) in [5, 5.41) is 43.9. The van der Waals surface area contributed by atoms with Gasteiger partial charge in [0.15, 0.2) is 6.23 Å². The Morgan fingerprint density at radius 3 is 2.23 bits per heavy atom. The predicted molar refractivity (Wildman–Crippen MR) is 78.1 cm³/mol. The van der Waals surface area contributed by atoms with Crippen LogP contribution in [0.1, 0.15) is 6.92 Å². The van der Waals surface area contributed by atoms with Crippen molar-refractivity contribution in [2.75, 3.05) is 17.2 Å². The third-order valence-electron chi connectivity index (χ3n) is 3.41. The Hall–Kier alpha value is -1.71. The minimum atomic E-state index is -1.43. The van der Waals surface area contributed by atoms with Gasteiger partial charge in [-0.2, -0.15) is 0 Å². The zero-order valence-electron chi connectivity index (χ0n) is 12.0. The number of anilines is 2. The molecule has 6 N–H and O–H groups in total. The van der Waals surface area contributed by atoms with E-state index in [9.17, 15) is 20.1 Å². The fourth-order valence-corrected chi connectivity index (χ4v) is 2.24. The van der Waals surface area contributed by atoms with Crippen molar-refractivity contribution in [2.45, 2.75) is 37.6 Å². The smallest absolute Gasteiger partial charge is 0.221 e. The molecule has 8 nitrogen and oxygen atoms in total. The molecule has 1 aliphatic rings. The normalized spacial score (nSPS) is 31.6. The Bertz CT molecular complexity index is 507. The monoisotopic (exact) mass is 312 g/mol. The van der Waals surface area contributed by atoms with E-state index in [2.05, 4.69) is 10.6 Å². The van der Waals surface area contributed by atoms with E-state index in [0.717, 1.165) is 0 Å². The van der Waals surface area contributed by atoms with Gasteiger partial charge in [-0.25, -0.2) is 0 Å². The Balaban J connectivity index is 2.04. The zero-order valence-corrected chi connectivity index (χ0v) is 12.0. The average Bonchev–Trinajstić information content (AvgIpc) is 2.49. The third-order valence-corrected chi connectivity index (χ3v) is 3.41. The molecule has 1 aromatic carbocycles. The number of carbonyl (C=O) groups is 1. The molecule has 8 heteroatoms. The van der Waals surface area contributed by atoms with E-state index in [1.807, 2.05) is 0 Å². The fourth-order valence-electron chi connectivity index (χ4n) is 2.24. The molecule has 22 heavy (non-hydrogen) atoms.